The largest absolute Gasteiger partial charge is 0.367 e. The van der Waals surface area contributed by atoms with Gasteiger partial charge in [-0.3, -0.25) is 0 Å². The highest BCUT2D eigenvalue weighted by Gasteiger charge is 2.45. The average molecular weight is 400 g/mol. The van der Waals surface area contributed by atoms with Crippen LogP contribution in [0.1, 0.15) is 31.2 Å². The molecule has 2 aromatic rings. The number of piperidine rings is 1. The highest BCUT2D eigenvalue weighted by atomic mass is 32.2. The average Bonchev–Trinajstić information content (AvgIpc) is 3.51. The zero-order chi connectivity index (χ0) is 19.8. The van der Waals surface area contributed by atoms with Crippen LogP contribution >= 0.6 is 0 Å². The minimum Gasteiger partial charge on any atom is -0.367 e. The summed E-state index contributed by atoms with van der Waals surface area (Å²) in [5.74, 6) is 0.278. The summed E-state index contributed by atoms with van der Waals surface area (Å²) in [6, 6.07) is 11.2. The van der Waals surface area contributed by atoms with Crippen LogP contribution in [0.25, 0.3) is 0 Å². The maximum atomic E-state index is 13.1. The van der Waals surface area contributed by atoms with Crippen LogP contribution in [0.4, 0.5) is 10.2 Å². The molecule has 1 aliphatic carbocycles. The van der Waals surface area contributed by atoms with Crippen molar-refractivity contribution in [3.8, 4) is 6.07 Å². The SMILES string of the molecule is N#CC1(c2ccc(NC3CCN(S(=O)(=O)c4ccc(F)cc4)CC3)nc2)CC1. The van der Waals surface area contributed by atoms with Gasteiger partial charge < -0.3 is 5.32 Å². The third-order valence-corrected chi connectivity index (χ3v) is 7.45. The first kappa shape index (κ1) is 18.8. The first-order chi connectivity index (χ1) is 13.4. The molecule has 1 saturated heterocycles. The Morgan fingerprint density at radius 3 is 2.36 bits per heavy atom. The molecule has 0 unspecified atom stereocenters. The van der Waals surface area contributed by atoms with Gasteiger partial charge in [0, 0.05) is 25.3 Å². The third-order valence-electron chi connectivity index (χ3n) is 5.54. The molecule has 0 bridgehead atoms. The predicted molar refractivity (Wildman–Crippen MR) is 103 cm³/mol. The van der Waals surface area contributed by atoms with Crippen LogP contribution < -0.4 is 5.32 Å². The van der Waals surface area contributed by atoms with Crippen LogP contribution in [0.3, 0.4) is 0 Å². The molecule has 0 radical (unpaired) electrons. The lowest BCUT2D eigenvalue weighted by Crippen LogP contribution is -2.42. The molecule has 4 rings (SSSR count). The minimum absolute atomic E-state index is 0.115. The Balaban J connectivity index is 1.35. The van der Waals surface area contributed by atoms with Crippen molar-refractivity contribution in [1.29, 1.82) is 5.26 Å². The molecule has 1 N–H and O–H groups in total. The molecule has 1 aliphatic heterocycles. The summed E-state index contributed by atoms with van der Waals surface area (Å²) in [6.45, 7) is 0.792. The summed E-state index contributed by atoms with van der Waals surface area (Å²) < 4.78 is 39.8. The Hall–Kier alpha value is -2.50. The fourth-order valence-corrected chi connectivity index (χ4v) is 5.03. The number of halogens is 1. The second kappa shape index (κ2) is 7.15. The number of hydrogen-bond acceptors (Lipinski definition) is 5. The number of nitrogens with zero attached hydrogens (tertiary/aromatic N) is 3. The number of rotatable bonds is 5. The van der Waals surface area contributed by atoms with Crippen molar-refractivity contribution < 1.29 is 12.8 Å². The molecule has 28 heavy (non-hydrogen) atoms. The van der Waals surface area contributed by atoms with Gasteiger partial charge in [0.25, 0.3) is 0 Å². The van der Waals surface area contributed by atoms with Crippen molar-refractivity contribution in [2.75, 3.05) is 18.4 Å². The topological polar surface area (TPSA) is 86.1 Å². The van der Waals surface area contributed by atoms with Gasteiger partial charge in [-0.05, 0) is 61.6 Å². The van der Waals surface area contributed by atoms with E-state index in [2.05, 4.69) is 16.4 Å². The lowest BCUT2D eigenvalue weighted by atomic mass is 10.00. The van der Waals surface area contributed by atoms with Crippen LogP contribution in [0.15, 0.2) is 47.5 Å². The van der Waals surface area contributed by atoms with Crippen LogP contribution in [0.5, 0.6) is 0 Å². The van der Waals surface area contributed by atoms with Gasteiger partial charge in [-0.25, -0.2) is 17.8 Å². The Kier molecular flexibility index (Phi) is 4.81. The Morgan fingerprint density at radius 1 is 1.14 bits per heavy atom. The number of benzene rings is 1. The second-order valence-corrected chi connectivity index (χ2v) is 9.34. The highest BCUT2D eigenvalue weighted by Crippen LogP contribution is 2.47. The summed E-state index contributed by atoms with van der Waals surface area (Å²) in [4.78, 5) is 4.54. The van der Waals surface area contributed by atoms with Gasteiger partial charge in [0.05, 0.1) is 16.4 Å². The van der Waals surface area contributed by atoms with E-state index in [1.54, 1.807) is 6.20 Å². The number of aromatic nitrogens is 1. The standard InChI is InChI=1S/C20H21FN4O2S/c21-16-2-4-18(5-3-16)28(26,27)25-11-7-17(8-12-25)24-19-6-1-15(13-23-19)20(14-22)9-10-20/h1-6,13,17H,7-12H2,(H,23,24). The summed E-state index contributed by atoms with van der Waals surface area (Å²) in [5.41, 5.74) is 0.617. The summed E-state index contributed by atoms with van der Waals surface area (Å²) in [5, 5.41) is 12.6. The quantitative estimate of drug-likeness (QED) is 0.834. The van der Waals surface area contributed by atoms with Gasteiger partial charge in [0.2, 0.25) is 10.0 Å². The van der Waals surface area contributed by atoms with E-state index in [1.807, 2.05) is 12.1 Å². The molecule has 2 aliphatic rings. The van der Waals surface area contributed by atoms with Crippen molar-refractivity contribution >= 4 is 15.8 Å². The van der Waals surface area contributed by atoms with Crippen molar-refractivity contribution in [2.24, 2.45) is 0 Å². The number of nitriles is 1. The molecule has 1 saturated carbocycles. The van der Waals surface area contributed by atoms with Gasteiger partial charge in [-0.2, -0.15) is 9.57 Å². The number of pyridine rings is 1. The normalized spacial score (nSPS) is 19.7. The van der Waals surface area contributed by atoms with Crippen LogP contribution in [-0.2, 0) is 15.4 Å². The van der Waals surface area contributed by atoms with Gasteiger partial charge in [-0.15, -0.1) is 0 Å². The highest BCUT2D eigenvalue weighted by molar-refractivity contribution is 7.89. The fraction of sp³-hybridized carbons (Fsp3) is 0.400. The molecular weight excluding hydrogens is 379 g/mol. The molecule has 6 nitrogen and oxygen atoms in total. The summed E-state index contributed by atoms with van der Waals surface area (Å²) >= 11 is 0. The van der Waals surface area contributed by atoms with E-state index in [-0.39, 0.29) is 16.4 Å². The predicted octanol–water partition coefficient (Wildman–Crippen LogP) is 3.04. The van der Waals surface area contributed by atoms with Gasteiger partial charge in [0.15, 0.2) is 0 Å². The molecule has 1 aromatic carbocycles. The van der Waals surface area contributed by atoms with Crippen molar-refractivity contribution in [3.05, 3.63) is 54.0 Å². The van der Waals surface area contributed by atoms with E-state index in [1.165, 1.54) is 16.4 Å². The monoisotopic (exact) mass is 400 g/mol. The van der Waals surface area contributed by atoms with Gasteiger partial charge in [-0.1, -0.05) is 6.07 Å². The smallest absolute Gasteiger partial charge is 0.243 e. The van der Waals surface area contributed by atoms with Crippen molar-refractivity contribution in [1.82, 2.24) is 9.29 Å². The first-order valence-corrected chi connectivity index (χ1v) is 10.8. The van der Waals surface area contributed by atoms with Crippen LogP contribution in [0.2, 0.25) is 0 Å². The van der Waals surface area contributed by atoms with E-state index in [4.69, 9.17) is 0 Å². The molecular formula is C20H21FN4O2S. The van der Waals surface area contributed by atoms with Crippen molar-refractivity contribution in [2.45, 2.75) is 42.0 Å². The molecule has 2 fully saturated rings. The Bertz CT molecular complexity index is 988. The van der Waals surface area contributed by atoms with E-state index in [0.29, 0.717) is 25.9 Å². The van der Waals surface area contributed by atoms with Crippen molar-refractivity contribution in [3.63, 3.8) is 0 Å². The van der Waals surface area contributed by atoms with Gasteiger partial charge >= 0.3 is 0 Å². The lowest BCUT2D eigenvalue weighted by molar-refractivity contribution is 0.329. The third kappa shape index (κ3) is 3.60. The van der Waals surface area contributed by atoms with Crippen LogP contribution in [-0.4, -0.2) is 36.8 Å². The number of nitrogens with one attached hydrogen (secondary N) is 1. The molecule has 0 atom stereocenters. The molecule has 146 valence electrons. The maximum absolute atomic E-state index is 13.1. The summed E-state index contributed by atoms with van der Waals surface area (Å²) in [6.07, 6.45) is 4.85. The zero-order valence-electron chi connectivity index (χ0n) is 15.3. The molecule has 0 spiro atoms. The van der Waals surface area contributed by atoms with Crippen LogP contribution in [0, 0.1) is 17.1 Å². The second-order valence-electron chi connectivity index (χ2n) is 7.40. The molecule has 1 aromatic heterocycles. The maximum Gasteiger partial charge on any atom is 0.243 e. The number of sulfonamides is 1. The number of anilines is 1. The number of hydrogen-bond donors (Lipinski definition) is 1. The molecule has 0 amide bonds. The Morgan fingerprint density at radius 2 is 1.82 bits per heavy atom. The zero-order valence-corrected chi connectivity index (χ0v) is 16.1. The van der Waals surface area contributed by atoms with E-state index in [0.717, 1.165) is 36.4 Å². The van der Waals surface area contributed by atoms with E-state index >= 15 is 0 Å². The van der Waals surface area contributed by atoms with E-state index < -0.39 is 15.8 Å². The lowest BCUT2D eigenvalue weighted by Gasteiger charge is -2.31. The summed E-state index contributed by atoms with van der Waals surface area (Å²) in [7, 11) is -3.60. The molecule has 8 heteroatoms. The first-order valence-electron chi connectivity index (χ1n) is 9.33. The Labute approximate surface area is 164 Å². The van der Waals surface area contributed by atoms with E-state index in [9.17, 15) is 18.1 Å². The minimum atomic E-state index is -3.60. The van der Waals surface area contributed by atoms with Gasteiger partial charge in [0.1, 0.15) is 11.6 Å². The fourth-order valence-electron chi connectivity index (χ4n) is 3.56. The molecule has 2 heterocycles.